The highest BCUT2D eigenvalue weighted by Crippen LogP contribution is 2.09. The fraction of sp³-hybridized carbons (Fsp3) is 0.941. The molecule has 22 heavy (non-hydrogen) atoms. The number of rotatable bonds is 17. The molecule has 0 aromatic rings. The van der Waals surface area contributed by atoms with Crippen LogP contribution in [0.3, 0.4) is 0 Å². The van der Waals surface area contributed by atoms with Crippen LogP contribution < -0.4 is 5.32 Å². The average Bonchev–Trinajstić information content (AvgIpc) is 2.54. The van der Waals surface area contributed by atoms with Crippen molar-refractivity contribution in [1.82, 2.24) is 5.32 Å². The van der Waals surface area contributed by atoms with Crippen LogP contribution in [0.2, 0.25) is 0 Å². The van der Waals surface area contributed by atoms with Gasteiger partial charge in [0, 0.05) is 6.54 Å². The lowest BCUT2D eigenvalue weighted by Crippen LogP contribution is -2.19. The Morgan fingerprint density at radius 2 is 1.50 bits per heavy atom. The van der Waals surface area contributed by atoms with Crippen molar-refractivity contribution in [2.24, 2.45) is 0 Å². The lowest BCUT2D eigenvalue weighted by Gasteiger charge is -2.04. The van der Waals surface area contributed by atoms with Gasteiger partial charge in [-0.3, -0.25) is 0 Å². The molecule has 0 rings (SSSR count). The maximum atomic E-state index is 10.6. The summed E-state index contributed by atoms with van der Waals surface area (Å²) in [6.07, 6.45) is 13.6. The van der Waals surface area contributed by atoms with E-state index >= 15 is 0 Å². The molecule has 0 aliphatic carbocycles. The van der Waals surface area contributed by atoms with Gasteiger partial charge in [-0.1, -0.05) is 45.4 Å². The van der Waals surface area contributed by atoms with E-state index in [4.69, 9.17) is 5.26 Å². The average molecular weight is 335 g/mol. The van der Waals surface area contributed by atoms with E-state index in [0.29, 0.717) is 6.54 Å². The first-order valence-corrected chi connectivity index (χ1v) is 10.3. The molecule has 4 nitrogen and oxygen atoms in total. The van der Waals surface area contributed by atoms with Crippen LogP contribution >= 0.6 is 0 Å². The minimum absolute atomic E-state index is 0.231. The van der Waals surface area contributed by atoms with Crippen LogP contribution in [-0.4, -0.2) is 35.8 Å². The van der Waals surface area contributed by atoms with Crippen molar-refractivity contribution in [2.75, 3.05) is 24.6 Å². The summed E-state index contributed by atoms with van der Waals surface area (Å²) in [7, 11) is 0. The summed E-state index contributed by atoms with van der Waals surface area (Å²) in [5.41, 5.74) is 0. The number of hydrogen-bond acceptors (Lipinski definition) is 4. The second-order valence-electron chi connectivity index (χ2n) is 5.82. The molecule has 0 saturated carbocycles. The second kappa shape index (κ2) is 18.8. The summed E-state index contributed by atoms with van der Waals surface area (Å²) in [5.74, 6) is 2.20. The quantitative estimate of drug-likeness (QED) is 0.140. The zero-order valence-corrected chi connectivity index (χ0v) is 15.2. The van der Waals surface area contributed by atoms with Gasteiger partial charge in [0.1, 0.15) is 11.5 Å². The molecule has 0 aliphatic heterocycles. The van der Waals surface area contributed by atoms with Crippen molar-refractivity contribution in [3.63, 3.8) is 0 Å². The fourth-order valence-electron chi connectivity index (χ4n) is 2.34. The van der Waals surface area contributed by atoms with Crippen LogP contribution in [0.15, 0.2) is 0 Å². The molecular weight excluding hydrogens is 298 g/mol. The molecule has 132 valence electrons. The predicted molar refractivity (Wildman–Crippen MR) is 96.5 cm³/mol. The highest BCUT2D eigenvalue weighted by atomic mass is 32.2. The predicted octanol–water partition coefficient (Wildman–Crippen LogP) is 3.72. The third-order valence-corrected chi connectivity index (χ3v) is 5.06. The largest absolute Gasteiger partial charge is 0.343 e. The summed E-state index contributed by atoms with van der Waals surface area (Å²) < 4.78 is 0. The van der Waals surface area contributed by atoms with Crippen LogP contribution in [0.25, 0.3) is 0 Å². The molecule has 5 heteroatoms. The maximum absolute atomic E-state index is 10.6. The van der Waals surface area contributed by atoms with Crippen molar-refractivity contribution in [3.05, 3.63) is 0 Å². The van der Waals surface area contributed by atoms with E-state index in [9.17, 15) is 4.79 Å². The van der Waals surface area contributed by atoms with Gasteiger partial charge in [-0.2, -0.15) is 5.26 Å². The zero-order valence-electron chi connectivity index (χ0n) is 14.3. The van der Waals surface area contributed by atoms with Gasteiger partial charge in [0.05, 0.1) is 6.42 Å². The molecule has 0 heterocycles. The third kappa shape index (κ3) is 17.8. The standard InChI is InChI=1S/C17H35NO3S/c1-2-15-22-16-11-9-7-5-3-4-6-8-10-13-18-14-12-17(19)21-20/h18,20H,2-16H2,1H3/p+1. The van der Waals surface area contributed by atoms with Crippen molar-refractivity contribution in [1.29, 1.82) is 0 Å². The molecule has 0 unspecified atom stereocenters. The lowest BCUT2D eigenvalue weighted by atomic mass is 10.1. The molecule has 0 saturated heterocycles. The van der Waals surface area contributed by atoms with Gasteiger partial charge in [0.2, 0.25) is 0 Å². The van der Waals surface area contributed by atoms with Gasteiger partial charge < -0.3 is 10.2 Å². The molecule has 0 radical (unpaired) electrons. The van der Waals surface area contributed by atoms with Gasteiger partial charge in [-0.05, 0) is 44.0 Å². The first-order chi connectivity index (χ1) is 10.8. The first-order valence-electron chi connectivity index (χ1n) is 8.99. The van der Waals surface area contributed by atoms with E-state index in [-0.39, 0.29) is 6.42 Å². The second-order valence-corrected chi connectivity index (χ2v) is 7.16. The normalized spacial score (nSPS) is 10.8. The fourth-order valence-corrected chi connectivity index (χ4v) is 3.33. The van der Waals surface area contributed by atoms with Crippen LogP contribution in [0.1, 0.15) is 77.6 Å². The summed E-state index contributed by atoms with van der Waals surface area (Å²) in [4.78, 5) is 14.2. The Balaban J connectivity index is 2.98. The molecule has 0 amide bonds. The number of unbranched alkanes of at least 4 members (excludes halogenated alkanes) is 8. The zero-order chi connectivity index (χ0) is 16.3. The summed E-state index contributed by atoms with van der Waals surface area (Å²) in [6.45, 7) is 3.78. The van der Waals surface area contributed by atoms with Gasteiger partial charge >= 0.3 is 5.97 Å². The highest BCUT2D eigenvalue weighted by molar-refractivity contribution is 7.78. The van der Waals surface area contributed by atoms with E-state index in [1.807, 2.05) is 0 Å². The van der Waals surface area contributed by atoms with Crippen LogP contribution in [-0.2, 0) is 21.4 Å². The Bertz CT molecular complexity index is 240. The maximum Gasteiger partial charge on any atom is 0.343 e. The number of carbonyl (C=O) groups excluding carboxylic acids is 1. The highest BCUT2D eigenvalue weighted by Gasteiger charge is 2.00. The van der Waals surface area contributed by atoms with Crippen LogP contribution in [0.4, 0.5) is 0 Å². The molecule has 0 fully saturated rings. The molecular formula is C17H36NO3S+. The number of hydrogen-bond donors (Lipinski definition) is 2. The Labute approximate surface area is 140 Å². The summed E-state index contributed by atoms with van der Waals surface area (Å²) >= 11 is 1.65. The van der Waals surface area contributed by atoms with Crippen LogP contribution in [0, 0.1) is 0 Å². The van der Waals surface area contributed by atoms with E-state index in [1.165, 1.54) is 69.3 Å². The molecule has 0 aliphatic rings. The molecule has 0 spiro atoms. The Morgan fingerprint density at radius 3 is 2.09 bits per heavy atom. The molecule has 0 aromatic heterocycles. The van der Waals surface area contributed by atoms with Crippen molar-refractivity contribution in [2.45, 2.75) is 77.6 Å². The Morgan fingerprint density at radius 1 is 0.909 bits per heavy atom. The van der Waals surface area contributed by atoms with Crippen molar-refractivity contribution >= 4 is 17.7 Å². The van der Waals surface area contributed by atoms with Gasteiger partial charge in [-0.25, -0.2) is 4.79 Å². The molecule has 0 atom stereocenters. The monoisotopic (exact) mass is 334 g/mol. The topological polar surface area (TPSA) is 58.6 Å². The summed E-state index contributed by atoms with van der Waals surface area (Å²) in [5, 5.41) is 11.3. The molecule has 0 bridgehead atoms. The van der Waals surface area contributed by atoms with E-state index in [1.54, 1.807) is 11.8 Å². The van der Waals surface area contributed by atoms with Crippen molar-refractivity contribution < 1.29 is 14.9 Å². The number of thiol groups is 1. The summed E-state index contributed by atoms with van der Waals surface area (Å²) in [6, 6.07) is 0. The minimum atomic E-state index is -0.572. The van der Waals surface area contributed by atoms with Gasteiger partial charge in [0.15, 0.2) is 0 Å². The smallest absolute Gasteiger partial charge is 0.316 e. The number of carbonyl (C=O) groups is 1. The van der Waals surface area contributed by atoms with E-state index in [0.717, 1.165) is 13.0 Å². The van der Waals surface area contributed by atoms with Crippen LogP contribution in [0.5, 0.6) is 0 Å². The van der Waals surface area contributed by atoms with E-state index in [2.05, 4.69) is 17.1 Å². The minimum Gasteiger partial charge on any atom is -0.316 e. The van der Waals surface area contributed by atoms with Gasteiger partial charge in [0.25, 0.3) is 0 Å². The van der Waals surface area contributed by atoms with Gasteiger partial charge in [-0.15, -0.1) is 0 Å². The Hall–Kier alpha value is -0.260. The lowest BCUT2D eigenvalue weighted by molar-refractivity contribution is -0.234. The SMILES string of the molecule is CCC[SH+]CCCCCCCCCCCNCCC(=O)OO. The number of nitrogens with one attached hydrogen (secondary N) is 1. The van der Waals surface area contributed by atoms with E-state index < -0.39 is 5.97 Å². The Kier molecular flexibility index (Phi) is 18.6. The molecule has 0 aromatic carbocycles. The molecule has 2 N–H and O–H groups in total. The third-order valence-electron chi connectivity index (χ3n) is 3.66. The first kappa shape index (κ1) is 21.7. The van der Waals surface area contributed by atoms with Crippen molar-refractivity contribution in [3.8, 4) is 0 Å².